The van der Waals surface area contributed by atoms with Crippen molar-refractivity contribution in [3.8, 4) is 11.5 Å². The molecule has 0 radical (unpaired) electrons. The number of aromatic nitrogens is 1. The van der Waals surface area contributed by atoms with Crippen LogP contribution in [0.4, 0.5) is 0 Å². The minimum atomic E-state index is 0.543. The molecule has 0 aliphatic heterocycles. The topological polar surface area (TPSA) is 22.1 Å². The zero-order valence-corrected chi connectivity index (χ0v) is 9.16. The van der Waals surface area contributed by atoms with Gasteiger partial charge in [-0.05, 0) is 30.3 Å². The summed E-state index contributed by atoms with van der Waals surface area (Å²) in [5.41, 5.74) is 0. The summed E-state index contributed by atoms with van der Waals surface area (Å²) < 4.78 is 5.51. The summed E-state index contributed by atoms with van der Waals surface area (Å²) in [6, 6.07) is 8.64. The maximum Gasteiger partial charge on any atom is 0.145 e. The van der Waals surface area contributed by atoms with Crippen LogP contribution in [0.1, 0.15) is 0 Å². The summed E-state index contributed by atoms with van der Waals surface area (Å²) in [6.07, 6.45) is 3.30. The Labute approximate surface area is 97.4 Å². The Bertz CT molecular complexity index is 439. The Kier molecular flexibility index (Phi) is 3.09. The molecule has 2 rings (SSSR count). The van der Waals surface area contributed by atoms with Crippen LogP contribution in [-0.4, -0.2) is 4.98 Å². The fraction of sp³-hybridized carbons (Fsp3) is 0. The average Bonchev–Trinajstić information content (AvgIpc) is 2.17. The molecular weight excluding hydrogens is 233 g/mol. The molecule has 0 saturated carbocycles. The third kappa shape index (κ3) is 2.85. The molecule has 4 heteroatoms. The van der Waals surface area contributed by atoms with E-state index in [1.807, 2.05) is 6.07 Å². The zero-order chi connectivity index (χ0) is 10.7. The lowest BCUT2D eigenvalue weighted by atomic mass is 10.3. The van der Waals surface area contributed by atoms with E-state index in [9.17, 15) is 0 Å². The predicted octanol–water partition coefficient (Wildman–Crippen LogP) is 4.18. The van der Waals surface area contributed by atoms with Gasteiger partial charge in [0.1, 0.15) is 11.5 Å². The van der Waals surface area contributed by atoms with Gasteiger partial charge in [0.2, 0.25) is 0 Å². The third-order valence-electron chi connectivity index (χ3n) is 1.71. The van der Waals surface area contributed by atoms with Gasteiger partial charge < -0.3 is 4.74 Å². The number of hydrogen-bond acceptors (Lipinski definition) is 2. The number of halogens is 2. The van der Waals surface area contributed by atoms with E-state index in [4.69, 9.17) is 27.9 Å². The van der Waals surface area contributed by atoms with E-state index in [0.717, 1.165) is 0 Å². The molecule has 0 saturated heterocycles. The second kappa shape index (κ2) is 4.51. The first-order chi connectivity index (χ1) is 7.24. The molecule has 0 unspecified atom stereocenters. The highest BCUT2D eigenvalue weighted by molar-refractivity contribution is 6.34. The molecule has 2 aromatic rings. The van der Waals surface area contributed by atoms with Crippen LogP contribution in [0.25, 0.3) is 0 Å². The molecule has 0 amide bonds. The van der Waals surface area contributed by atoms with Crippen LogP contribution in [0.2, 0.25) is 10.0 Å². The molecule has 0 aliphatic rings. The van der Waals surface area contributed by atoms with Gasteiger partial charge in [0.15, 0.2) is 0 Å². The molecule has 0 spiro atoms. The Morgan fingerprint density at radius 2 is 1.73 bits per heavy atom. The molecule has 76 valence electrons. The fourth-order valence-electron chi connectivity index (χ4n) is 1.13. The highest BCUT2D eigenvalue weighted by Gasteiger charge is 2.00. The standard InChI is InChI=1S/C11H7Cl2NO/c12-8-4-9(13)6-11(5-8)15-10-2-1-3-14-7-10/h1-7H. The van der Waals surface area contributed by atoms with E-state index in [0.29, 0.717) is 21.5 Å². The van der Waals surface area contributed by atoms with Crippen LogP contribution in [0, 0.1) is 0 Å². The van der Waals surface area contributed by atoms with Gasteiger partial charge in [-0.2, -0.15) is 0 Å². The zero-order valence-electron chi connectivity index (χ0n) is 7.65. The molecule has 1 heterocycles. The van der Waals surface area contributed by atoms with Gasteiger partial charge in [-0.15, -0.1) is 0 Å². The van der Waals surface area contributed by atoms with Crippen LogP contribution in [0.3, 0.4) is 0 Å². The summed E-state index contributed by atoms with van der Waals surface area (Å²) in [7, 11) is 0. The largest absolute Gasteiger partial charge is 0.456 e. The smallest absolute Gasteiger partial charge is 0.145 e. The van der Waals surface area contributed by atoms with Crippen molar-refractivity contribution in [3.63, 3.8) is 0 Å². The quantitative estimate of drug-likeness (QED) is 0.785. The van der Waals surface area contributed by atoms with Gasteiger partial charge >= 0.3 is 0 Å². The Hall–Kier alpha value is -1.25. The number of nitrogens with zero attached hydrogens (tertiary/aromatic N) is 1. The van der Waals surface area contributed by atoms with E-state index in [2.05, 4.69) is 4.98 Å². The Balaban J connectivity index is 2.25. The van der Waals surface area contributed by atoms with Crippen molar-refractivity contribution < 1.29 is 4.74 Å². The minimum Gasteiger partial charge on any atom is -0.456 e. The normalized spacial score (nSPS) is 10.0. The molecule has 0 bridgehead atoms. The summed E-state index contributed by atoms with van der Waals surface area (Å²) in [5, 5.41) is 1.09. The second-order valence-corrected chi connectivity index (χ2v) is 3.77. The van der Waals surface area contributed by atoms with Gasteiger partial charge in [-0.25, -0.2) is 0 Å². The van der Waals surface area contributed by atoms with Crippen LogP contribution >= 0.6 is 23.2 Å². The van der Waals surface area contributed by atoms with Crippen LogP contribution in [-0.2, 0) is 0 Å². The van der Waals surface area contributed by atoms with Crippen molar-refractivity contribution in [1.29, 1.82) is 0 Å². The second-order valence-electron chi connectivity index (χ2n) is 2.90. The number of hydrogen-bond donors (Lipinski definition) is 0. The molecule has 1 aromatic heterocycles. The van der Waals surface area contributed by atoms with Crippen LogP contribution in [0.5, 0.6) is 11.5 Å². The molecule has 0 fully saturated rings. The van der Waals surface area contributed by atoms with Crippen molar-refractivity contribution >= 4 is 23.2 Å². The van der Waals surface area contributed by atoms with Gasteiger partial charge in [-0.1, -0.05) is 23.2 Å². The maximum absolute atomic E-state index is 5.84. The summed E-state index contributed by atoms with van der Waals surface area (Å²) in [5.74, 6) is 1.25. The van der Waals surface area contributed by atoms with Gasteiger partial charge in [0.25, 0.3) is 0 Å². The van der Waals surface area contributed by atoms with Crippen LogP contribution < -0.4 is 4.74 Å². The maximum atomic E-state index is 5.84. The molecule has 1 aromatic carbocycles. The average molecular weight is 240 g/mol. The Morgan fingerprint density at radius 3 is 2.33 bits per heavy atom. The van der Waals surface area contributed by atoms with E-state index in [-0.39, 0.29) is 0 Å². The van der Waals surface area contributed by atoms with Crippen molar-refractivity contribution in [3.05, 3.63) is 52.8 Å². The third-order valence-corrected chi connectivity index (χ3v) is 2.14. The van der Waals surface area contributed by atoms with Crippen molar-refractivity contribution in [1.82, 2.24) is 4.98 Å². The van der Waals surface area contributed by atoms with E-state index >= 15 is 0 Å². The molecule has 0 N–H and O–H groups in total. The lowest BCUT2D eigenvalue weighted by Crippen LogP contribution is -1.84. The Morgan fingerprint density at radius 1 is 1.00 bits per heavy atom. The van der Waals surface area contributed by atoms with Crippen molar-refractivity contribution in [2.24, 2.45) is 0 Å². The number of rotatable bonds is 2. The van der Waals surface area contributed by atoms with Crippen LogP contribution in [0.15, 0.2) is 42.7 Å². The summed E-state index contributed by atoms with van der Waals surface area (Å²) in [4.78, 5) is 3.93. The first-order valence-electron chi connectivity index (χ1n) is 4.28. The highest BCUT2D eigenvalue weighted by atomic mass is 35.5. The predicted molar refractivity (Wildman–Crippen MR) is 60.8 cm³/mol. The van der Waals surface area contributed by atoms with Gasteiger partial charge in [0.05, 0.1) is 6.20 Å². The first-order valence-corrected chi connectivity index (χ1v) is 5.03. The number of benzene rings is 1. The lowest BCUT2D eigenvalue weighted by Gasteiger charge is -2.05. The SMILES string of the molecule is Clc1cc(Cl)cc(Oc2cccnc2)c1. The molecule has 0 atom stereocenters. The molecule has 0 aliphatic carbocycles. The minimum absolute atomic E-state index is 0.543. The van der Waals surface area contributed by atoms with Gasteiger partial charge in [0, 0.05) is 16.2 Å². The van der Waals surface area contributed by atoms with Crippen molar-refractivity contribution in [2.45, 2.75) is 0 Å². The monoisotopic (exact) mass is 239 g/mol. The molecular formula is C11H7Cl2NO. The fourth-order valence-corrected chi connectivity index (χ4v) is 1.64. The van der Waals surface area contributed by atoms with Crippen molar-refractivity contribution in [2.75, 3.05) is 0 Å². The van der Waals surface area contributed by atoms with Gasteiger partial charge in [-0.3, -0.25) is 4.98 Å². The van der Waals surface area contributed by atoms with E-state index in [1.165, 1.54) is 0 Å². The highest BCUT2D eigenvalue weighted by Crippen LogP contribution is 2.27. The summed E-state index contributed by atoms with van der Waals surface area (Å²) in [6.45, 7) is 0. The van der Waals surface area contributed by atoms with E-state index in [1.54, 1.807) is 36.7 Å². The van der Waals surface area contributed by atoms with E-state index < -0.39 is 0 Å². The molecule has 15 heavy (non-hydrogen) atoms. The summed E-state index contributed by atoms with van der Waals surface area (Å²) >= 11 is 11.7. The molecule has 2 nitrogen and oxygen atoms in total. The number of pyridine rings is 1. The first kappa shape index (κ1) is 10.3. The lowest BCUT2D eigenvalue weighted by molar-refractivity contribution is 0.480. The number of ether oxygens (including phenoxy) is 1.